The van der Waals surface area contributed by atoms with E-state index in [9.17, 15) is 18.0 Å². The molecule has 0 aromatic heterocycles. The molecule has 0 bridgehead atoms. The zero-order valence-corrected chi connectivity index (χ0v) is 15.3. The molecule has 1 atom stereocenters. The number of nitrogens with zero attached hydrogens (tertiary/aromatic N) is 2. The lowest BCUT2D eigenvalue weighted by atomic mass is 10.1. The van der Waals surface area contributed by atoms with Gasteiger partial charge in [0.2, 0.25) is 5.91 Å². The van der Waals surface area contributed by atoms with Gasteiger partial charge in [0.05, 0.1) is 5.56 Å². The van der Waals surface area contributed by atoms with Crippen LogP contribution in [0.15, 0.2) is 54.6 Å². The van der Waals surface area contributed by atoms with Crippen molar-refractivity contribution >= 4 is 24.0 Å². The number of hydrogen-bond donors (Lipinski definition) is 1. The second kappa shape index (κ2) is 8.63. The van der Waals surface area contributed by atoms with Crippen LogP contribution in [0.2, 0.25) is 0 Å². The predicted octanol–water partition coefficient (Wildman–Crippen LogP) is 3.48. The number of rotatable bonds is 3. The van der Waals surface area contributed by atoms with Gasteiger partial charge in [0.1, 0.15) is 6.04 Å². The lowest BCUT2D eigenvalue weighted by molar-refractivity contribution is -0.137. The van der Waals surface area contributed by atoms with Gasteiger partial charge in [0.25, 0.3) is 0 Å². The number of alkyl halides is 3. The lowest BCUT2D eigenvalue weighted by Crippen LogP contribution is -2.51. The molecule has 1 amide bonds. The molecule has 2 N–H and O–H groups in total. The van der Waals surface area contributed by atoms with E-state index < -0.39 is 17.8 Å². The molecule has 1 aliphatic rings. The standard InChI is InChI=1S/C19H20F3N3O.ClH/c20-19(21,22)15-6-8-16(9-7-15)24-10-12-25(13-11-24)18(26)17(23)14-4-2-1-3-5-14;/h1-9,17H,10-13,23H2;1H. The van der Waals surface area contributed by atoms with Crippen LogP contribution in [0.3, 0.4) is 0 Å². The Morgan fingerprint density at radius 3 is 2.00 bits per heavy atom. The molecule has 4 nitrogen and oxygen atoms in total. The van der Waals surface area contributed by atoms with E-state index in [2.05, 4.69) is 0 Å². The third-order valence-electron chi connectivity index (χ3n) is 4.58. The highest BCUT2D eigenvalue weighted by Gasteiger charge is 2.31. The zero-order chi connectivity index (χ0) is 18.7. The summed E-state index contributed by atoms with van der Waals surface area (Å²) in [6, 6.07) is 13.6. The van der Waals surface area contributed by atoms with Crippen molar-refractivity contribution in [2.24, 2.45) is 5.73 Å². The van der Waals surface area contributed by atoms with Gasteiger partial charge in [-0.1, -0.05) is 30.3 Å². The van der Waals surface area contributed by atoms with Crippen molar-refractivity contribution in [3.8, 4) is 0 Å². The van der Waals surface area contributed by atoms with Gasteiger partial charge in [-0.15, -0.1) is 12.4 Å². The molecule has 3 rings (SSSR count). The van der Waals surface area contributed by atoms with E-state index in [1.165, 1.54) is 12.1 Å². The van der Waals surface area contributed by atoms with E-state index in [0.29, 0.717) is 26.2 Å². The number of amides is 1. The fourth-order valence-corrected chi connectivity index (χ4v) is 3.05. The molecule has 27 heavy (non-hydrogen) atoms. The first-order chi connectivity index (χ1) is 12.4. The number of hydrogen-bond acceptors (Lipinski definition) is 3. The first-order valence-electron chi connectivity index (χ1n) is 8.38. The fourth-order valence-electron chi connectivity index (χ4n) is 3.05. The van der Waals surface area contributed by atoms with Crippen molar-refractivity contribution in [3.63, 3.8) is 0 Å². The quantitative estimate of drug-likeness (QED) is 0.859. The Hall–Kier alpha value is -2.25. The molecule has 0 aliphatic carbocycles. The smallest absolute Gasteiger partial charge is 0.368 e. The summed E-state index contributed by atoms with van der Waals surface area (Å²) in [6.07, 6.45) is -4.34. The van der Waals surface area contributed by atoms with E-state index in [0.717, 1.165) is 23.4 Å². The molecular weight excluding hydrogens is 379 g/mol. The van der Waals surface area contributed by atoms with E-state index in [1.807, 2.05) is 35.2 Å². The topological polar surface area (TPSA) is 49.6 Å². The van der Waals surface area contributed by atoms with Crippen LogP contribution < -0.4 is 10.6 Å². The SMILES string of the molecule is Cl.NC(C(=O)N1CCN(c2ccc(C(F)(F)F)cc2)CC1)c1ccccc1. The molecule has 8 heteroatoms. The summed E-state index contributed by atoms with van der Waals surface area (Å²) in [5.41, 5.74) is 6.88. The van der Waals surface area contributed by atoms with Crippen LogP contribution in [0.1, 0.15) is 17.2 Å². The van der Waals surface area contributed by atoms with Crippen molar-refractivity contribution in [2.45, 2.75) is 12.2 Å². The van der Waals surface area contributed by atoms with Gasteiger partial charge in [-0.05, 0) is 29.8 Å². The maximum absolute atomic E-state index is 12.6. The first-order valence-corrected chi connectivity index (χ1v) is 8.38. The molecule has 2 aromatic rings. The first kappa shape index (κ1) is 21.1. The Kier molecular flexibility index (Phi) is 6.73. The highest BCUT2D eigenvalue weighted by molar-refractivity contribution is 5.85. The zero-order valence-electron chi connectivity index (χ0n) is 14.5. The number of halogens is 4. The number of nitrogens with two attached hydrogens (primary N) is 1. The minimum Gasteiger partial charge on any atom is -0.368 e. The summed E-state index contributed by atoms with van der Waals surface area (Å²) >= 11 is 0. The van der Waals surface area contributed by atoms with Crippen molar-refractivity contribution in [1.29, 1.82) is 0 Å². The Balaban J connectivity index is 0.00000261. The van der Waals surface area contributed by atoms with Crippen molar-refractivity contribution in [3.05, 3.63) is 65.7 Å². The summed E-state index contributed by atoms with van der Waals surface area (Å²) in [7, 11) is 0. The molecule has 1 heterocycles. The van der Waals surface area contributed by atoms with Gasteiger partial charge < -0.3 is 15.5 Å². The maximum atomic E-state index is 12.6. The lowest BCUT2D eigenvalue weighted by Gasteiger charge is -2.37. The predicted molar refractivity (Wildman–Crippen MR) is 101 cm³/mol. The summed E-state index contributed by atoms with van der Waals surface area (Å²) in [6.45, 7) is 2.08. The van der Waals surface area contributed by atoms with Crippen molar-refractivity contribution in [1.82, 2.24) is 4.90 Å². The molecule has 1 aliphatic heterocycles. The minimum atomic E-state index is -4.34. The van der Waals surface area contributed by atoms with Crippen molar-refractivity contribution < 1.29 is 18.0 Å². The van der Waals surface area contributed by atoms with Crippen LogP contribution in [0, 0.1) is 0 Å². The average molecular weight is 400 g/mol. The third kappa shape index (κ3) is 4.93. The Morgan fingerprint density at radius 2 is 1.48 bits per heavy atom. The van der Waals surface area contributed by atoms with Gasteiger partial charge in [-0.2, -0.15) is 13.2 Å². The van der Waals surface area contributed by atoms with Crippen LogP contribution in [0.5, 0.6) is 0 Å². The molecule has 2 aromatic carbocycles. The summed E-state index contributed by atoms with van der Waals surface area (Å²) < 4.78 is 37.9. The number of carbonyl (C=O) groups excluding carboxylic acids is 1. The normalized spacial score (nSPS) is 15.9. The van der Waals surface area contributed by atoms with Gasteiger partial charge in [0, 0.05) is 31.9 Å². The monoisotopic (exact) mass is 399 g/mol. The molecule has 146 valence electrons. The Morgan fingerprint density at radius 1 is 0.926 bits per heavy atom. The Bertz CT molecular complexity index is 745. The molecule has 1 fully saturated rings. The van der Waals surface area contributed by atoms with Gasteiger partial charge in [-0.25, -0.2) is 0 Å². The Labute approximate surface area is 162 Å². The molecule has 0 radical (unpaired) electrons. The fraction of sp³-hybridized carbons (Fsp3) is 0.316. The largest absolute Gasteiger partial charge is 0.416 e. The van der Waals surface area contributed by atoms with Gasteiger partial charge in [0.15, 0.2) is 0 Å². The summed E-state index contributed by atoms with van der Waals surface area (Å²) in [5, 5.41) is 0. The number of benzene rings is 2. The van der Waals surface area contributed by atoms with Crippen LogP contribution in [-0.4, -0.2) is 37.0 Å². The van der Waals surface area contributed by atoms with Crippen LogP contribution in [-0.2, 0) is 11.0 Å². The molecule has 0 spiro atoms. The van der Waals surface area contributed by atoms with E-state index in [4.69, 9.17) is 5.73 Å². The van der Waals surface area contributed by atoms with Crippen molar-refractivity contribution in [2.75, 3.05) is 31.1 Å². The minimum absolute atomic E-state index is 0. The molecule has 1 unspecified atom stereocenters. The van der Waals surface area contributed by atoms with Crippen LogP contribution in [0.25, 0.3) is 0 Å². The third-order valence-corrected chi connectivity index (χ3v) is 4.58. The number of anilines is 1. The van der Waals surface area contributed by atoms with Gasteiger partial charge in [-0.3, -0.25) is 4.79 Å². The highest BCUT2D eigenvalue weighted by Crippen LogP contribution is 2.30. The van der Waals surface area contributed by atoms with Crippen LogP contribution >= 0.6 is 12.4 Å². The second-order valence-electron chi connectivity index (χ2n) is 6.25. The van der Waals surface area contributed by atoms with E-state index in [1.54, 1.807) is 4.90 Å². The molecule has 1 saturated heterocycles. The number of carbonyl (C=O) groups is 1. The number of piperazine rings is 1. The molecule has 0 saturated carbocycles. The van der Waals surface area contributed by atoms with Crippen LogP contribution in [0.4, 0.5) is 18.9 Å². The van der Waals surface area contributed by atoms with E-state index in [-0.39, 0.29) is 18.3 Å². The maximum Gasteiger partial charge on any atom is 0.416 e. The van der Waals surface area contributed by atoms with Gasteiger partial charge >= 0.3 is 6.18 Å². The molecular formula is C19H21ClF3N3O. The average Bonchev–Trinajstić information content (AvgIpc) is 2.67. The summed E-state index contributed by atoms with van der Waals surface area (Å²) in [5.74, 6) is -0.136. The summed E-state index contributed by atoms with van der Waals surface area (Å²) in [4.78, 5) is 16.2. The highest BCUT2D eigenvalue weighted by atomic mass is 35.5. The second-order valence-corrected chi connectivity index (χ2v) is 6.25. The van der Waals surface area contributed by atoms with E-state index >= 15 is 0 Å².